The van der Waals surface area contributed by atoms with Gasteiger partial charge in [0.1, 0.15) is 22.9 Å². The van der Waals surface area contributed by atoms with Gasteiger partial charge >= 0.3 is 0 Å². The van der Waals surface area contributed by atoms with Gasteiger partial charge in [-0.25, -0.2) is 4.98 Å². The average molecular weight is 632 g/mol. The van der Waals surface area contributed by atoms with Gasteiger partial charge in [-0.1, -0.05) is 0 Å². The van der Waals surface area contributed by atoms with Crippen LogP contribution in [0.2, 0.25) is 0 Å². The Balaban J connectivity index is 0.953. The molecule has 0 unspecified atom stereocenters. The average Bonchev–Trinajstić information content (AvgIpc) is 3.84. The second-order valence-corrected chi connectivity index (χ2v) is 12.9. The number of benzene rings is 2. The van der Waals surface area contributed by atoms with E-state index in [1.807, 2.05) is 12.1 Å². The van der Waals surface area contributed by atoms with E-state index in [9.17, 15) is 29.7 Å². The minimum Gasteiger partial charge on any atom is -0.436 e. The minimum atomic E-state index is -0.948. The number of nitriles is 2. The predicted molar refractivity (Wildman–Crippen MR) is 169 cm³/mol. The zero-order valence-corrected chi connectivity index (χ0v) is 25.7. The van der Waals surface area contributed by atoms with Crippen molar-refractivity contribution in [2.45, 2.75) is 63.5 Å². The number of rotatable bonds is 8. The van der Waals surface area contributed by atoms with Crippen LogP contribution in [0.1, 0.15) is 51.4 Å². The molecule has 4 aliphatic rings. The Morgan fingerprint density at radius 1 is 0.723 bits per heavy atom. The molecule has 3 aromatic rings. The maximum atomic E-state index is 13.1. The molecule has 238 valence electrons. The van der Waals surface area contributed by atoms with Gasteiger partial charge in [0.15, 0.2) is 5.76 Å². The molecule has 1 aromatic heterocycles. The molecule has 2 aliphatic heterocycles. The number of carbonyl (C=O) groups excluding carboxylic acids is 4. The lowest BCUT2D eigenvalue weighted by Crippen LogP contribution is -2.46. The molecule has 12 heteroatoms. The molecule has 7 rings (SSSR count). The van der Waals surface area contributed by atoms with Crippen LogP contribution < -0.4 is 10.6 Å². The van der Waals surface area contributed by atoms with E-state index in [2.05, 4.69) is 27.8 Å². The lowest BCUT2D eigenvalue weighted by atomic mass is 10.1. The highest BCUT2D eigenvalue weighted by molar-refractivity contribution is 6.00. The first-order valence-corrected chi connectivity index (χ1v) is 16.0. The van der Waals surface area contributed by atoms with Crippen LogP contribution in [0.3, 0.4) is 0 Å². The summed E-state index contributed by atoms with van der Waals surface area (Å²) in [6.07, 6.45) is 6.40. The molecule has 3 heterocycles. The van der Waals surface area contributed by atoms with Crippen LogP contribution in [0.4, 0.5) is 11.4 Å². The first kappa shape index (κ1) is 30.2. The summed E-state index contributed by atoms with van der Waals surface area (Å²) in [5.41, 5.74) is 0.729. The van der Waals surface area contributed by atoms with Crippen molar-refractivity contribution in [2.24, 2.45) is 10.8 Å². The molecule has 47 heavy (non-hydrogen) atoms. The number of carbonyl (C=O) groups is 4. The van der Waals surface area contributed by atoms with Gasteiger partial charge in [0.25, 0.3) is 0 Å². The van der Waals surface area contributed by atoms with Crippen molar-refractivity contribution in [1.29, 1.82) is 10.5 Å². The smallest absolute Gasteiger partial charge is 0.247 e. The van der Waals surface area contributed by atoms with E-state index in [1.54, 1.807) is 52.4 Å². The molecule has 12 nitrogen and oxygen atoms in total. The largest absolute Gasteiger partial charge is 0.436 e. The molecule has 2 N–H and O–H groups in total. The molecule has 4 amide bonds. The quantitative estimate of drug-likeness (QED) is 0.366. The SMILES string of the molecule is N#CC1(C(=O)N2CCC[C@H]2C(=O)Nc2ccc(-c3cnc(-c4ccc(NC(=O)[C@@H]5CCCN5C(=O)C5(C#N)CC5)cc4)o3)cc2)CC1. The topological polar surface area (TPSA) is 172 Å². The Kier molecular flexibility index (Phi) is 7.51. The van der Waals surface area contributed by atoms with Gasteiger partial charge in [0.2, 0.25) is 29.5 Å². The van der Waals surface area contributed by atoms with Gasteiger partial charge in [-0.3, -0.25) is 19.2 Å². The summed E-state index contributed by atoms with van der Waals surface area (Å²) in [6.45, 7) is 0.964. The van der Waals surface area contributed by atoms with Crippen LogP contribution >= 0.6 is 0 Å². The summed E-state index contributed by atoms with van der Waals surface area (Å²) in [5, 5.41) is 24.6. The van der Waals surface area contributed by atoms with Crippen LogP contribution in [0.15, 0.2) is 59.1 Å². The van der Waals surface area contributed by atoms with E-state index in [4.69, 9.17) is 4.42 Å². The zero-order valence-electron chi connectivity index (χ0n) is 25.7. The molecule has 2 aliphatic carbocycles. The molecular formula is C35H33N7O5. The van der Waals surface area contributed by atoms with Crippen molar-refractivity contribution in [3.63, 3.8) is 0 Å². The standard InChI is InChI=1S/C35H33N7O5/c36-20-34(13-14-34)32(45)41-17-1-3-26(41)29(43)39-24-9-5-22(6-10-24)28-19-38-31(47-28)23-7-11-25(12-8-23)40-30(44)27-4-2-18-42(27)33(46)35(21-37)15-16-35/h5-12,19,26-27H,1-4,13-18H2,(H,39,43)(H,40,44)/t26-,27-/m0/s1. The van der Waals surface area contributed by atoms with Gasteiger partial charge in [-0.05, 0) is 99.9 Å². The number of amides is 4. The zero-order chi connectivity index (χ0) is 32.8. The Hall–Kier alpha value is -5.49. The second kappa shape index (κ2) is 11.7. The summed E-state index contributed by atoms with van der Waals surface area (Å²) in [5.74, 6) is -0.0776. The van der Waals surface area contributed by atoms with Gasteiger partial charge in [-0.2, -0.15) is 10.5 Å². The Morgan fingerprint density at radius 3 is 1.60 bits per heavy atom. The van der Waals surface area contributed by atoms with Crippen LogP contribution in [-0.4, -0.2) is 63.6 Å². The Morgan fingerprint density at radius 2 is 1.17 bits per heavy atom. The molecule has 0 radical (unpaired) electrons. The third-order valence-corrected chi connectivity index (χ3v) is 9.72. The molecule has 2 saturated heterocycles. The summed E-state index contributed by atoms with van der Waals surface area (Å²) >= 11 is 0. The molecule has 2 aromatic carbocycles. The third-order valence-electron chi connectivity index (χ3n) is 9.72. The van der Waals surface area contributed by atoms with E-state index < -0.39 is 22.9 Å². The first-order chi connectivity index (χ1) is 22.8. The van der Waals surface area contributed by atoms with Crippen LogP contribution in [0, 0.1) is 33.5 Å². The number of nitrogens with one attached hydrogen (secondary N) is 2. The van der Waals surface area contributed by atoms with Crippen LogP contribution in [-0.2, 0) is 19.2 Å². The third kappa shape index (κ3) is 5.61. The van der Waals surface area contributed by atoms with Gasteiger partial charge in [0.05, 0.1) is 18.3 Å². The molecule has 0 bridgehead atoms. The predicted octanol–water partition coefficient (Wildman–Crippen LogP) is 4.48. The van der Waals surface area contributed by atoms with E-state index in [-0.39, 0.29) is 23.6 Å². The normalized spacial score (nSPS) is 21.7. The maximum Gasteiger partial charge on any atom is 0.247 e. The molecule has 2 atom stereocenters. The second-order valence-electron chi connectivity index (χ2n) is 12.9. The molecular weight excluding hydrogens is 598 g/mol. The van der Waals surface area contributed by atoms with Crippen molar-refractivity contribution < 1.29 is 23.6 Å². The number of oxazole rings is 1. The van der Waals surface area contributed by atoms with Gasteiger partial charge < -0.3 is 24.9 Å². The summed E-state index contributed by atoms with van der Waals surface area (Å²) in [7, 11) is 0. The van der Waals surface area contributed by atoms with Gasteiger partial charge in [0, 0.05) is 35.6 Å². The molecule has 2 saturated carbocycles. The fourth-order valence-corrected chi connectivity index (χ4v) is 6.52. The highest BCUT2D eigenvalue weighted by Crippen LogP contribution is 2.48. The fraction of sp³-hybridized carbons (Fsp3) is 0.400. The lowest BCUT2D eigenvalue weighted by molar-refractivity contribution is -0.139. The lowest BCUT2D eigenvalue weighted by Gasteiger charge is -2.25. The van der Waals surface area contributed by atoms with E-state index in [0.29, 0.717) is 80.2 Å². The monoisotopic (exact) mass is 631 g/mol. The van der Waals surface area contributed by atoms with E-state index in [1.165, 1.54) is 0 Å². The summed E-state index contributed by atoms with van der Waals surface area (Å²) in [4.78, 5) is 59.4. The van der Waals surface area contributed by atoms with Crippen LogP contribution in [0.25, 0.3) is 22.8 Å². The summed E-state index contributed by atoms with van der Waals surface area (Å²) in [6, 6.07) is 17.3. The highest BCUT2D eigenvalue weighted by atomic mass is 16.4. The first-order valence-electron chi connectivity index (χ1n) is 16.0. The number of aromatic nitrogens is 1. The molecule has 4 fully saturated rings. The fourth-order valence-electron chi connectivity index (χ4n) is 6.52. The van der Waals surface area contributed by atoms with E-state index in [0.717, 1.165) is 18.4 Å². The van der Waals surface area contributed by atoms with Crippen molar-refractivity contribution >= 4 is 35.0 Å². The van der Waals surface area contributed by atoms with Crippen molar-refractivity contribution in [3.05, 3.63) is 54.7 Å². The van der Waals surface area contributed by atoms with Crippen molar-refractivity contribution in [1.82, 2.24) is 14.8 Å². The molecule has 0 spiro atoms. The number of anilines is 2. The number of nitrogens with zero attached hydrogens (tertiary/aromatic N) is 5. The Bertz CT molecular complexity index is 1690. The number of hydrogen-bond donors (Lipinski definition) is 2. The van der Waals surface area contributed by atoms with Crippen LogP contribution in [0.5, 0.6) is 0 Å². The van der Waals surface area contributed by atoms with Crippen molar-refractivity contribution in [3.8, 4) is 34.9 Å². The van der Waals surface area contributed by atoms with Crippen molar-refractivity contribution in [2.75, 3.05) is 23.7 Å². The Labute approximate surface area is 271 Å². The van der Waals surface area contributed by atoms with E-state index >= 15 is 0 Å². The highest BCUT2D eigenvalue weighted by Gasteiger charge is 2.55. The number of likely N-dealkylation sites (tertiary alicyclic amines) is 2. The maximum absolute atomic E-state index is 13.1. The summed E-state index contributed by atoms with van der Waals surface area (Å²) < 4.78 is 6.01. The van der Waals surface area contributed by atoms with Gasteiger partial charge in [-0.15, -0.1) is 0 Å². The minimum absolute atomic E-state index is 0.235. The number of hydrogen-bond acceptors (Lipinski definition) is 8.